The molecule has 0 saturated carbocycles. The predicted octanol–water partition coefficient (Wildman–Crippen LogP) is 4.91. The van der Waals surface area contributed by atoms with E-state index in [1.54, 1.807) is 41.3 Å². The summed E-state index contributed by atoms with van der Waals surface area (Å²) in [6.07, 6.45) is 0. The van der Waals surface area contributed by atoms with E-state index in [1.165, 1.54) is 20.3 Å². The zero-order valence-electron chi connectivity index (χ0n) is 20.0. The standard InChI is InChI=1S/C26H28FNO6S/c1-18(2)16-28(26(29)22-7-5-6-8-23(22)32-3)17-19-9-14-24(33-4)25(15-19)34-35(30,31)21-12-10-20(27)11-13-21/h5-15,18H,16-17H2,1-4H3. The number of carbonyl (C=O) groups is 1. The molecule has 3 aromatic carbocycles. The molecule has 0 atom stereocenters. The quantitative estimate of drug-likeness (QED) is 0.367. The van der Waals surface area contributed by atoms with Gasteiger partial charge in [0.15, 0.2) is 11.5 Å². The van der Waals surface area contributed by atoms with E-state index >= 15 is 0 Å². The van der Waals surface area contributed by atoms with E-state index in [0.717, 1.165) is 24.3 Å². The third kappa shape index (κ3) is 6.51. The molecule has 1 amide bonds. The van der Waals surface area contributed by atoms with Crippen molar-refractivity contribution in [2.75, 3.05) is 20.8 Å². The van der Waals surface area contributed by atoms with Gasteiger partial charge in [-0.2, -0.15) is 8.42 Å². The monoisotopic (exact) mass is 501 g/mol. The fraction of sp³-hybridized carbons (Fsp3) is 0.269. The van der Waals surface area contributed by atoms with E-state index in [4.69, 9.17) is 13.7 Å². The van der Waals surface area contributed by atoms with Crippen molar-refractivity contribution < 1.29 is 31.3 Å². The van der Waals surface area contributed by atoms with Gasteiger partial charge < -0.3 is 18.6 Å². The molecule has 3 aromatic rings. The van der Waals surface area contributed by atoms with Crippen molar-refractivity contribution in [3.63, 3.8) is 0 Å². The van der Waals surface area contributed by atoms with E-state index < -0.39 is 15.9 Å². The first-order valence-corrected chi connectivity index (χ1v) is 12.3. The number of hydrogen-bond donors (Lipinski definition) is 0. The van der Waals surface area contributed by atoms with Gasteiger partial charge in [0.25, 0.3) is 5.91 Å². The largest absolute Gasteiger partial charge is 0.496 e. The van der Waals surface area contributed by atoms with Crippen LogP contribution in [-0.4, -0.2) is 40.0 Å². The summed E-state index contributed by atoms with van der Waals surface area (Å²) in [6, 6.07) is 16.1. The summed E-state index contributed by atoms with van der Waals surface area (Å²) in [5.74, 6) is 0.0354. The van der Waals surface area contributed by atoms with Crippen LogP contribution in [0.15, 0.2) is 71.6 Å². The lowest BCUT2D eigenvalue weighted by Crippen LogP contribution is -2.34. The molecule has 3 rings (SSSR count). The summed E-state index contributed by atoms with van der Waals surface area (Å²) < 4.78 is 54.7. The molecule has 0 N–H and O–H groups in total. The molecule has 0 bridgehead atoms. The van der Waals surface area contributed by atoms with Gasteiger partial charge in [0, 0.05) is 13.1 Å². The molecule has 9 heteroatoms. The van der Waals surface area contributed by atoms with Crippen LogP contribution in [0.25, 0.3) is 0 Å². The van der Waals surface area contributed by atoms with Gasteiger partial charge in [-0.15, -0.1) is 0 Å². The van der Waals surface area contributed by atoms with Gasteiger partial charge in [-0.1, -0.05) is 32.0 Å². The third-order valence-corrected chi connectivity index (χ3v) is 6.36. The lowest BCUT2D eigenvalue weighted by atomic mass is 10.1. The zero-order chi connectivity index (χ0) is 25.6. The molecule has 186 valence electrons. The smallest absolute Gasteiger partial charge is 0.339 e. The van der Waals surface area contributed by atoms with Crippen molar-refractivity contribution in [3.05, 3.63) is 83.7 Å². The van der Waals surface area contributed by atoms with Crippen LogP contribution in [0.4, 0.5) is 4.39 Å². The highest BCUT2D eigenvalue weighted by molar-refractivity contribution is 7.87. The molecule has 0 spiro atoms. The number of ether oxygens (including phenoxy) is 2. The molecule has 0 aromatic heterocycles. The molecular weight excluding hydrogens is 473 g/mol. The molecule has 0 saturated heterocycles. The first-order chi connectivity index (χ1) is 16.6. The normalized spacial score (nSPS) is 11.3. The van der Waals surface area contributed by atoms with Crippen LogP contribution < -0.4 is 13.7 Å². The number of para-hydroxylation sites is 1. The topological polar surface area (TPSA) is 82.1 Å². The maximum absolute atomic E-state index is 13.4. The predicted molar refractivity (Wildman–Crippen MR) is 130 cm³/mol. The second kappa shape index (κ2) is 11.2. The molecule has 35 heavy (non-hydrogen) atoms. The van der Waals surface area contributed by atoms with Crippen molar-refractivity contribution in [2.24, 2.45) is 5.92 Å². The molecule has 0 unspecified atom stereocenters. The van der Waals surface area contributed by atoms with Crippen molar-refractivity contribution >= 4 is 16.0 Å². The molecule has 7 nitrogen and oxygen atoms in total. The fourth-order valence-electron chi connectivity index (χ4n) is 3.52. The number of methoxy groups -OCH3 is 2. The number of halogens is 1. The Morgan fingerprint density at radius 1 is 0.914 bits per heavy atom. The van der Waals surface area contributed by atoms with Crippen molar-refractivity contribution in [1.29, 1.82) is 0 Å². The van der Waals surface area contributed by atoms with E-state index in [2.05, 4.69) is 0 Å². The number of benzene rings is 3. The number of carbonyl (C=O) groups excluding carboxylic acids is 1. The Bertz CT molecular complexity index is 1280. The summed E-state index contributed by atoms with van der Waals surface area (Å²) in [4.78, 5) is 14.9. The lowest BCUT2D eigenvalue weighted by molar-refractivity contribution is 0.0719. The van der Waals surface area contributed by atoms with E-state index in [1.807, 2.05) is 13.8 Å². The summed E-state index contributed by atoms with van der Waals surface area (Å²) in [5.41, 5.74) is 1.07. The molecule has 0 radical (unpaired) electrons. The second-order valence-corrected chi connectivity index (χ2v) is 9.80. The maximum atomic E-state index is 13.4. The van der Waals surface area contributed by atoms with Crippen molar-refractivity contribution in [3.8, 4) is 17.2 Å². The highest BCUT2D eigenvalue weighted by Crippen LogP contribution is 2.32. The van der Waals surface area contributed by atoms with Crippen LogP contribution in [0.5, 0.6) is 17.2 Å². The minimum atomic E-state index is -4.24. The number of rotatable bonds is 10. The van der Waals surface area contributed by atoms with E-state index in [0.29, 0.717) is 23.4 Å². The van der Waals surface area contributed by atoms with Crippen molar-refractivity contribution in [1.82, 2.24) is 4.90 Å². The van der Waals surface area contributed by atoms with E-state index in [-0.39, 0.29) is 34.8 Å². The first-order valence-electron chi connectivity index (χ1n) is 10.9. The average molecular weight is 502 g/mol. The maximum Gasteiger partial charge on any atom is 0.339 e. The minimum absolute atomic E-state index is 0.0384. The number of nitrogens with zero attached hydrogens (tertiary/aromatic N) is 1. The van der Waals surface area contributed by atoms with Crippen molar-refractivity contribution in [2.45, 2.75) is 25.3 Å². The second-order valence-electron chi connectivity index (χ2n) is 8.26. The van der Waals surface area contributed by atoms with Crippen LogP contribution >= 0.6 is 0 Å². The molecule has 0 heterocycles. The van der Waals surface area contributed by atoms with Gasteiger partial charge in [-0.3, -0.25) is 4.79 Å². The molecule has 0 fully saturated rings. The summed E-state index contributed by atoms with van der Waals surface area (Å²) in [7, 11) is -1.34. The van der Waals surface area contributed by atoms with Gasteiger partial charge in [-0.05, 0) is 60.0 Å². The van der Waals surface area contributed by atoms with Gasteiger partial charge in [0.2, 0.25) is 0 Å². The Labute approximate surface area is 205 Å². The van der Waals surface area contributed by atoms with Crippen LogP contribution in [0.2, 0.25) is 0 Å². The third-order valence-electron chi connectivity index (χ3n) is 5.11. The van der Waals surface area contributed by atoms with Gasteiger partial charge in [0.05, 0.1) is 19.8 Å². The average Bonchev–Trinajstić information content (AvgIpc) is 2.83. The minimum Gasteiger partial charge on any atom is -0.496 e. The SMILES string of the molecule is COc1ccc(CN(CC(C)C)C(=O)c2ccccc2OC)cc1OS(=O)(=O)c1ccc(F)cc1. The molecule has 0 aliphatic rings. The Kier molecular flexibility index (Phi) is 8.34. The molecular formula is C26H28FNO6S. The summed E-state index contributed by atoms with van der Waals surface area (Å²) in [6.45, 7) is 4.67. The zero-order valence-corrected chi connectivity index (χ0v) is 20.8. The number of amides is 1. The number of hydrogen-bond acceptors (Lipinski definition) is 6. The van der Waals surface area contributed by atoms with Gasteiger partial charge >= 0.3 is 10.1 Å². The highest BCUT2D eigenvalue weighted by atomic mass is 32.2. The highest BCUT2D eigenvalue weighted by Gasteiger charge is 2.23. The van der Waals surface area contributed by atoms with Crippen LogP contribution in [0, 0.1) is 11.7 Å². The Morgan fingerprint density at radius 2 is 1.57 bits per heavy atom. The van der Waals surface area contributed by atoms with Crippen LogP contribution in [0.3, 0.4) is 0 Å². The Balaban J connectivity index is 1.92. The Morgan fingerprint density at radius 3 is 2.20 bits per heavy atom. The lowest BCUT2D eigenvalue weighted by Gasteiger charge is -2.26. The molecule has 0 aliphatic heterocycles. The van der Waals surface area contributed by atoms with Gasteiger partial charge in [-0.25, -0.2) is 4.39 Å². The molecule has 0 aliphatic carbocycles. The summed E-state index contributed by atoms with van der Waals surface area (Å²) >= 11 is 0. The fourth-order valence-corrected chi connectivity index (χ4v) is 4.46. The van der Waals surface area contributed by atoms with Crippen LogP contribution in [-0.2, 0) is 16.7 Å². The first kappa shape index (κ1) is 26.0. The van der Waals surface area contributed by atoms with Gasteiger partial charge in [0.1, 0.15) is 16.5 Å². The Hall–Kier alpha value is -3.59. The summed E-state index contributed by atoms with van der Waals surface area (Å²) in [5, 5.41) is 0. The van der Waals surface area contributed by atoms with E-state index in [9.17, 15) is 17.6 Å². The van der Waals surface area contributed by atoms with Crippen LogP contribution in [0.1, 0.15) is 29.8 Å².